The van der Waals surface area contributed by atoms with Crippen LogP contribution in [0.3, 0.4) is 0 Å². The fourth-order valence-electron chi connectivity index (χ4n) is 2.62. The van der Waals surface area contributed by atoms with Gasteiger partial charge in [0, 0.05) is 20.0 Å². The molecule has 1 aliphatic rings. The standard InChI is InChI=1S/C17H30N2O2/c1-3-4-8-13-19(15(2)20)14-17(21)18-12-11-16-9-6-5-7-10-16/h9H,3-8,10-14H2,1-2H3,(H,18,21). The molecule has 0 atom stereocenters. The van der Waals surface area contributed by atoms with Gasteiger partial charge in [-0.05, 0) is 38.5 Å². The van der Waals surface area contributed by atoms with Crippen LogP contribution in [0.25, 0.3) is 0 Å². The molecule has 0 bridgehead atoms. The molecule has 0 aromatic heterocycles. The van der Waals surface area contributed by atoms with Gasteiger partial charge in [-0.15, -0.1) is 0 Å². The fraction of sp³-hybridized carbons (Fsp3) is 0.765. The van der Waals surface area contributed by atoms with E-state index in [0.717, 1.165) is 25.7 Å². The van der Waals surface area contributed by atoms with Crippen molar-refractivity contribution in [2.75, 3.05) is 19.6 Å². The lowest BCUT2D eigenvalue weighted by Gasteiger charge is -2.20. The van der Waals surface area contributed by atoms with Gasteiger partial charge in [0.05, 0.1) is 6.54 Å². The van der Waals surface area contributed by atoms with Crippen molar-refractivity contribution in [3.8, 4) is 0 Å². The highest BCUT2D eigenvalue weighted by Gasteiger charge is 2.13. The number of allylic oxidation sites excluding steroid dienone is 1. The highest BCUT2D eigenvalue weighted by molar-refractivity contribution is 5.83. The molecule has 1 aliphatic carbocycles. The van der Waals surface area contributed by atoms with Crippen molar-refractivity contribution in [2.45, 2.75) is 65.2 Å². The van der Waals surface area contributed by atoms with E-state index in [1.807, 2.05) is 0 Å². The van der Waals surface area contributed by atoms with E-state index in [4.69, 9.17) is 0 Å². The summed E-state index contributed by atoms with van der Waals surface area (Å²) in [7, 11) is 0. The molecule has 0 radical (unpaired) electrons. The van der Waals surface area contributed by atoms with Gasteiger partial charge in [-0.2, -0.15) is 0 Å². The number of hydrogen-bond donors (Lipinski definition) is 1. The van der Waals surface area contributed by atoms with Crippen LogP contribution < -0.4 is 5.32 Å². The number of carbonyl (C=O) groups is 2. The normalized spacial score (nSPS) is 14.5. The van der Waals surface area contributed by atoms with Crippen LogP contribution in [0.4, 0.5) is 0 Å². The largest absolute Gasteiger partial charge is 0.354 e. The summed E-state index contributed by atoms with van der Waals surface area (Å²) in [6, 6.07) is 0. The Hall–Kier alpha value is -1.32. The zero-order chi connectivity index (χ0) is 15.5. The van der Waals surface area contributed by atoms with E-state index in [2.05, 4.69) is 18.3 Å². The van der Waals surface area contributed by atoms with E-state index in [0.29, 0.717) is 13.1 Å². The molecule has 0 heterocycles. The molecule has 0 saturated heterocycles. The average molecular weight is 294 g/mol. The monoisotopic (exact) mass is 294 g/mol. The maximum Gasteiger partial charge on any atom is 0.239 e. The molecule has 4 nitrogen and oxygen atoms in total. The zero-order valence-corrected chi connectivity index (χ0v) is 13.6. The van der Waals surface area contributed by atoms with Gasteiger partial charge in [-0.1, -0.05) is 31.4 Å². The number of nitrogens with one attached hydrogen (secondary N) is 1. The average Bonchev–Trinajstić information content (AvgIpc) is 2.47. The van der Waals surface area contributed by atoms with E-state index < -0.39 is 0 Å². The van der Waals surface area contributed by atoms with Crippen LogP contribution in [-0.2, 0) is 9.59 Å². The van der Waals surface area contributed by atoms with Crippen molar-refractivity contribution < 1.29 is 9.59 Å². The van der Waals surface area contributed by atoms with Crippen LogP contribution >= 0.6 is 0 Å². The van der Waals surface area contributed by atoms with Crippen LogP contribution in [0.15, 0.2) is 11.6 Å². The van der Waals surface area contributed by atoms with E-state index in [9.17, 15) is 9.59 Å². The summed E-state index contributed by atoms with van der Waals surface area (Å²) < 4.78 is 0. The Morgan fingerprint density at radius 2 is 2.10 bits per heavy atom. The molecule has 0 spiro atoms. The Bertz CT molecular complexity index is 364. The minimum Gasteiger partial charge on any atom is -0.354 e. The van der Waals surface area contributed by atoms with E-state index in [1.54, 1.807) is 4.90 Å². The smallest absolute Gasteiger partial charge is 0.239 e. The third-order valence-corrected chi connectivity index (χ3v) is 3.96. The Morgan fingerprint density at radius 3 is 2.71 bits per heavy atom. The van der Waals surface area contributed by atoms with E-state index >= 15 is 0 Å². The van der Waals surface area contributed by atoms with Crippen molar-refractivity contribution in [1.82, 2.24) is 10.2 Å². The molecule has 21 heavy (non-hydrogen) atoms. The maximum atomic E-state index is 11.9. The van der Waals surface area contributed by atoms with Gasteiger partial charge in [-0.3, -0.25) is 9.59 Å². The van der Waals surface area contributed by atoms with E-state index in [1.165, 1.54) is 38.2 Å². The first kappa shape index (κ1) is 17.7. The fourth-order valence-corrected chi connectivity index (χ4v) is 2.62. The number of amides is 2. The predicted molar refractivity (Wildman–Crippen MR) is 86.0 cm³/mol. The van der Waals surface area contributed by atoms with Crippen LogP contribution in [0.5, 0.6) is 0 Å². The number of carbonyl (C=O) groups excluding carboxylic acids is 2. The van der Waals surface area contributed by atoms with Gasteiger partial charge in [0.1, 0.15) is 0 Å². The second kappa shape index (κ2) is 10.4. The lowest BCUT2D eigenvalue weighted by atomic mass is 9.97. The predicted octanol–water partition coefficient (Wildman–Crippen LogP) is 3.03. The zero-order valence-electron chi connectivity index (χ0n) is 13.6. The van der Waals surface area contributed by atoms with Crippen molar-refractivity contribution in [3.05, 3.63) is 11.6 Å². The SMILES string of the molecule is CCCCCN(CC(=O)NCCC1=CCCCC1)C(C)=O. The lowest BCUT2D eigenvalue weighted by Crippen LogP contribution is -2.40. The first-order valence-corrected chi connectivity index (χ1v) is 8.33. The van der Waals surface area contributed by atoms with Gasteiger partial charge >= 0.3 is 0 Å². The Labute approximate surface area is 129 Å². The van der Waals surface area contributed by atoms with Gasteiger partial charge in [0.2, 0.25) is 11.8 Å². The van der Waals surface area contributed by atoms with E-state index in [-0.39, 0.29) is 18.4 Å². The van der Waals surface area contributed by atoms with Crippen LogP contribution in [-0.4, -0.2) is 36.3 Å². The molecule has 0 aliphatic heterocycles. The summed E-state index contributed by atoms with van der Waals surface area (Å²) in [6.07, 6.45) is 11.4. The first-order valence-electron chi connectivity index (χ1n) is 8.33. The second-order valence-corrected chi connectivity index (χ2v) is 5.86. The summed E-state index contributed by atoms with van der Waals surface area (Å²) in [4.78, 5) is 25.1. The Morgan fingerprint density at radius 1 is 1.29 bits per heavy atom. The minimum atomic E-state index is -0.0434. The van der Waals surface area contributed by atoms with Crippen LogP contribution in [0, 0.1) is 0 Å². The molecule has 0 unspecified atom stereocenters. The third-order valence-electron chi connectivity index (χ3n) is 3.96. The quantitative estimate of drug-likeness (QED) is 0.525. The van der Waals surface area contributed by atoms with Crippen molar-refractivity contribution >= 4 is 11.8 Å². The van der Waals surface area contributed by atoms with Gasteiger partial charge in [0.15, 0.2) is 0 Å². The molecule has 2 amide bonds. The summed E-state index contributed by atoms with van der Waals surface area (Å²) >= 11 is 0. The molecular weight excluding hydrogens is 264 g/mol. The summed E-state index contributed by atoms with van der Waals surface area (Å²) in [6.45, 7) is 5.22. The van der Waals surface area contributed by atoms with Crippen molar-refractivity contribution in [3.63, 3.8) is 0 Å². The third kappa shape index (κ3) is 7.88. The highest BCUT2D eigenvalue weighted by Crippen LogP contribution is 2.19. The lowest BCUT2D eigenvalue weighted by molar-refractivity contribution is -0.134. The minimum absolute atomic E-state index is 0.0174. The van der Waals surface area contributed by atoms with Crippen molar-refractivity contribution in [1.29, 1.82) is 0 Å². The number of unbranched alkanes of at least 4 members (excludes halogenated alkanes) is 2. The number of hydrogen-bond acceptors (Lipinski definition) is 2. The maximum absolute atomic E-state index is 11.9. The molecule has 1 rings (SSSR count). The molecule has 0 aromatic rings. The Balaban J connectivity index is 2.23. The van der Waals surface area contributed by atoms with Crippen LogP contribution in [0.2, 0.25) is 0 Å². The topological polar surface area (TPSA) is 49.4 Å². The van der Waals surface area contributed by atoms with Gasteiger partial charge in [-0.25, -0.2) is 0 Å². The summed E-state index contributed by atoms with van der Waals surface area (Å²) in [5.41, 5.74) is 1.47. The molecule has 1 N–H and O–H groups in total. The van der Waals surface area contributed by atoms with Crippen LogP contribution in [0.1, 0.15) is 65.2 Å². The summed E-state index contributed by atoms with van der Waals surface area (Å²) in [5.74, 6) is -0.0608. The van der Waals surface area contributed by atoms with Gasteiger partial charge in [0.25, 0.3) is 0 Å². The molecule has 120 valence electrons. The molecule has 0 fully saturated rings. The molecule has 0 saturated carbocycles. The number of nitrogens with zero attached hydrogens (tertiary/aromatic N) is 1. The Kier molecular flexibility index (Phi) is 8.79. The second-order valence-electron chi connectivity index (χ2n) is 5.86. The van der Waals surface area contributed by atoms with Gasteiger partial charge < -0.3 is 10.2 Å². The molecular formula is C17H30N2O2. The van der Waals surface area contributed by atoms with Crippen molar-refractivity contribution in [2.24, 2.45) is 0 Å². The molecule has 0 aromatic carbocycles. The highest BCUT2D eigenvalue weighted by atomic mass is 16.2. The summed E-state index contributed by atoms with van der Waals surface area (Å²) in [5, 5.41) is 2.93. The molecule has 4 heteroatoms. The first-order chi connectivity index (χ1) is 10.1. The number of rotatable bonds is 9.